The average Bonchev–Trinajstić information content (AvgIpc) is 3.49. The van der Waals surface area contributed by atoms with E-state index in [4.69, 9.17) is 8.83 Å². The Hall–Kier alpha value is -4.13. The van der Waals surface area contributed by atoms with Gasteiger partial charge >= 0.3 is 0 Å². The van der Waals surface area contributed by atoms with Crippen LogP contribution < -0.4 is 5.32 Å². The molecule has 0 aliphatic carbocycles. The predicted octanol–water partition coefficient (Wildman–Crippen LogP) is 4.59. The molecule has 0 spiro atoms. The van der Waals surface area contributed by atoms with Crippen LogP contribution in [-0.2, 0) is 11.3 Å². The van der Waals surface area contributed by atoms with Crippen LogP contribution in [0.15, 0.2) is 88.0 Å². The number of amides is 1. The van der Waals surface area contributed by atoms with Crippen molar-refractivity contribution < 1.29 is 13.6 Å². The van der Waals surface area contributed by atoms with Gasteiger partial charge in [-0.25, -0.2) is 0 Å². The van der Waals surface area contributed by atoms with Gasteiger partial charge in [0.2, 0.25) is 11.8 Å². The second-order valence-electron chi connectivity index (χ2n) is 6.49. The zero-order valence-electron chi connectivity index (χ0n) is 15.3. The van der Waals surface area contributed by atoms with E-state index in [0.717, 1.165) is 22.2 Å². The van der Waals surface area contributed by atoms with E-state index < -0.39 is 0 Å². The topological polar surface area (TPSA) is 86.1 Å². The van der Waals surface area contributed by atoms with Crippen LogP contribution in [0.3, 0.4) is 0 Å². The Labute approximate surface area is 165 Å². The van der Waals surface area contributed by atoms with E-state index in [0.29, 0.717) is 17.5 Å². The Morgan fingerprint density at radius 1 is 0.931 bits per heavy atom. The van der Waals surface area contributed by atoms with E-state index in [-0.39, 0.29) is 12.5 Å². The summed E-state index contributed by atoms with van der Waals surface area (Å²) in [4.78, 5) is 12.5. The molecule has 0 saturated heterocycles. The van der Waals surface area contributed by atoms with Crippen molar-refractivity contribution in [1.29, 1.82) is 0 Å². The number of carbonyl (C=O) groups is 1. The average molecular weight is 384 g/mol. The fourth-order valence-electron chi connectivity index (χ4n) is 3.26. The summed E-state index contributed by atoms with van der Waals surface area (Å²) >= 11 is 0. The summed E-state index contributed by atoms with van der Waals surface area (Å²) in [6.07, 6.45) is 3.41. The summed E-state index contributed by atoms with van der Waals surface area (Å²) in [5, 5.41) is 12.1. The zero-order chi connectivity index (χ0) is 19.6. The van der Waals surface area contributed by atoms with E-state index in [1.807, 2.05) is 65.4 Å². The largest absolute Gasteiger partial charge is 0.459 e. The van der Waals surface area contributed by atoms with Crippen molar-refractivity contribution in [2.24, 2.45) is 0 Å². The zero-order valence-corrected chi connectivity index (χ0v) is 15.3. The Morgan fingerprint density at radius 3 is 2.55 bits per heavy atom. The minimum atomic E-state index is -0.120. The first-order valence-corrected chi connectivity index (χ1v) is 9.08. The van der Waals surface area contributed by atoms with Gasteiger partial charge in [-0.2, -0.15) is 0 Å². The van der Waals surface area contributed by atoms with Crippen LogP contribution in [0.4, 0.5) is 5.69 Å². The Kier molecular flexibility index (Phi) is 4.18. The van der Waals surface area contributed by atoms with Gasteiger partial charge in [0.05, 0.1) is 11.8 Å². The summed E-state index contributed by atoms with van der Waals surface area (Å²) in [6, 6.07) is 20.7. The van der Waals surface area contributed by atoms with Crippen molar-refractivity contribution in [3.05, 3.63) is 79.2 Å². The van der Waals surface area contributed by atoms with Gasteiger partial charge in [-0.15, -0.1) is 10.2 Å². The Morgan fingerprint density at radius 2 is 1.72 bits per heavy atom. The molecule has 0 fully saturated rings. The van der Waals surface area contributed by atoms with Gasteiger partial charge in [0.15, 0.2) is 5.76 Å². The monoisotopic (exact) mass is 384 g/mol. The lowest BCUT2D eigenvalue weighted by atomic mass is 10.2. The third-order valence-electron chi connectivity index (χ3n) is 4.55. The van der Waals surface area contributed by atoms with Gasteiger partial charge in [0.1, 0.15) is 6.54 Å². The summed E-state index contributed by atoms with van der Waals surface area (Å²) < 4.78 is 13.0. The maximum absolute atomic E-state index is 12.5. The van der Waals surface area contributed by atoms with Crippen LogP contribution in [0, 0.1) is 0 Å². The molecule has 1 N–H and O–H groups in total. The number of carbonyl (C=O) groups excluding carboxylic acids is 1. The summed E-state index contributed by atoms with van der Waals surface area (Å²) in [6.45, 7) is 0.161. The number of furan rings is 1. The van der Waals surface area contributed by atoms with E-state index in [1.165, 1.54) is 0 Å². The highest BCUT2D eigenvalue weighted by Crippen LogP contribution is 2.31. The van der Waals surface area contributed by atoms with Crippen molar-refractivity contribution in [3.8, 4) is 23.1 Å². The van der Waals surface area contributed by atoms with E-state index >= 15 is 0 Å². The fraction of sp³-hybridized carbons (Fsp3) is 0.0455. The van der Waals surface area contributed by atoms with Gasteiger partial charge in [0, 0.05) is 22.8 Å². The molecule has 0 radical (unpaired) electrons. The van der Waals surface area contributed by atoms with Crippen molar-refractivity contribution in [1.82, 2.24) is 14.8 Å². The molecule has 0 aliphatic rings. The molecule has 3 heterocycles. The molecule has 142 valence electrons. The molecular weight excluding hydrogens is 368 g/mol. The second kappa shape index (κ2) is 7.12. The molecule has 1 amide bonds. The molecule has 0 unspecified atom stereocenters. The third kappa shape index (κ3) is 3.29. The molecule has 29 heavy (non-hydrogen) atoms. The number of aromatic nitrogens is 3. The number of benzene rings is 2. The van der Waals surface area contributed by atoms with Crippen LogP contribution >= 0.6 is 0 Å². The van der Waals surface area contributed by atoms with E-state index in [1.54, 1.807) is 18.4 Å². The van der Waals surface area contributed by atoms with Crippen molar-refractivity contribution >= 4 is 22.5 Å². The van der Waals surface area contributed by atoms with Gasteiger partial charge in [-0.1, -0.05) is 36.4 Å². The predicted molar refractivity (Wildman–Crippen MR) is 108 cm³/mol. The third-order valence-corrected chi connectivity index (χ3v) is 4.55. The van der Waals surface area contributed by atoms with Crippen LogP contribution in [0.1, 0.15) is 0 Å². The smallest absolute Gasteiger partial charge is 0.283 e. The number of para-hydroxylation sites is 2. The number of hydrogen-bond acceptors (Lipinski definition) is 5. The normalized spacial score (nSPS) is 11.0. The first kappa shape index (κ1) is 17.0. The van der Waals surface area contributed by atoms with E-state index in [2.05, 4.69) is 15.5 Å². The van der Waals surface area contributed by atoms with Crippen molar-refractivity contribution in [2.45, 2.75) is 6.54 Å². The fourth-order valence-corrected chi connectivity index (χ4v) is 3.26. The number of fused-ring (bicyclic) bond motifs is 1. The first-order valence-electron chi connectivity index (χ1n) is 9.08. The van der Waals surface area contributed by atoms with Crippen LogP contribution in [0.2, 0.25) is 0 Å². The Bertz CT molecular complexity index is 1270. The molecule has 0 saturated carbocycles. The summed E-state index contributed by atoms with van der Waals surface area (Å²) in [5.41, 5.74) is 2.43. The number of nitrogens with zero attached hydrogens (tertiary/aromatic N) is 3. The Balaban J connectivity index is 1.48. The molecule has 0 aliphatic heterocycles. The van der Waals surface area contributed by atoms with Crippen LogP contribution in [0.5, 0.6) is 0 Å². The van der Waals surface area contributed by atoms with Gasteiger partial charge < -0.3 is 18.7 Å². The van der Waals surface area contributed by atoms with Gasteiger partial charge in [-0.05, 0) is 30.3 Å². The lowest BCUT2D eigenvalue weighted by Crippen LogP contribution is -2.18. The number of nitrogens with one attached hydrogen (secondary N) is 1. The van der Waals surface area contributed by atoms with Crippen molar-refractivity contribution in [3.63, 3.8) is 0 Å². The minimum Gasteiger partial charge on any atom is -0.459 e. The molecule has 0 bridgehead atoms. The molecule has 7 nitrogen and oxygen atoms in total. The summed E-state index contributed by atoms with van der Waals surface area (Å²) in [7, 11) is 0. The van der Waals surface area contributed by atoms with E-state index in [9.17, 15) is 4.79 Å². The van der Waals surface area contributed by atoms with Gasteiger partial charge in [-0.3, -0.25) is 4.79 Å². The molecule has 5 aromatic rings. The summed E-state index contributed by atoms with van der Waals surface area (Å²) in [5.74, 6) is 1.07. The number of hydrogen-bond donors (Lipinski definition) is 1. The molecule has 3 aromatic heterocycles. The molecule has 5 rings (SSSR count). The molecule has 2 aromatic carbocycles. The number of rotatable bonds is 5. The first-order chi connectivity index (χ1) is 14.3. The quantitative estimate of drug-likeness (QED) is 0.479. The van der Waals surface area contributed by atoms with Gasteiger partial charge in [0.25, 0.3) is 5.89 Å². The van der Waals surface area contributed by atoms with Crippen LogP contribution in [-0.4, -0.2) is 20.7 Å². The highest BCUT2D eigenvalue weighted by Gasteiger charge is 2.18. The molecule has 7 heteroatoms. The molecule has 0 atom stereocenters. The lowest BCUT2D eigenvalue weighted by molar-refractivity contribution is -0.116. The lowest BCUT2D eigenvalue weighted by Gasteiger charge is -2.07. The second-order valence-corrected chi connectivity index (χ2v) is 6.49. The number of anilines is 1. The highest BCUT2D eigenvalue weighted by atomic mass is 16.4. The van der Waals surface area contributed by atoms with Crippen LogP contribution in [0.25, 0.3) is 34.0 Å². The molecular formula is C22H16N4O3. The van der Waals surface area contributed by atoms with Crippen molar-refractivity contribution in [2.75, 3.05) is 5.32 Å². The highest BCUT2D eigenvalue weighted by molar-refractivity contribution is 5.96. The maximum Gasteiger partial charge on any atom is 0.283 e. The standard InChI is InChI=1S/C22H16N4O3/c27-20(23-15-7-2-1-3-8-15)14-26-13-17(16-9-4-5-10-18(16)26)21-24-25-22(29-21)19-11-6-12-28-19/h1-13H,14H2,(H,23,27). The minimum absolute atomic E-state index is 0.120. The SMILES string of the molecule is O=C(Cn1cc(-c2nnc(-c3ccco3)o2)c2ccccc21)Nc1ccccc1. The maximum atomic E-state index is 12.5.